The highest BCUT2D eigenvalue weighted by Crippen LogP contribution is 2.17. The fraction of sp³-hybridized carbons (Fsp3) is 0.435. The molecule has 0 saturated carbocycles. The van der Waals surface area contributed by atoms with Gasteiger partial charge in [0.25, 0.3) is 0 Å². The molecule has 0 aliphatic carbocycles. The van der Waals surface area contributed by atoms with Crippen LogP contribution in [0.1, 0.15) is 29.5 Å². The molecule has 1 unspecified atom stereocenters. The minimum atomic E-state index is -0.827. The van der Waals surface area contributed by atoms with Crippen molar-refractivity contribution in [2.24, 2.45) is 4.99 Å². The van der Waals surface area contributed by atoms with Crippen LogP contribution in [0.3, 0.4) is 0 Å². The largest absolute Gasteiger partial charge is 0.379 e. The van der Waals surface area contributed by atoms with E-state index in [1.165, 1.54) is 23.3 Å². The number of halogens is 3. The third-order valence-electron chi connectivity index (χ3n) is 5.37. The lowest BCUT2D eigenvalue weighted by molar-refractivity contribution is 0.0341. The molecule has 2 aromatic rings. The van der Waals surface area contributed by atoms with Crippen LogP contribution in [0.5, 0.6) is 0 Å². The molecule has 1 heterocycles. The minimum Gasteiger partial charge on any atom is -0.379 e. The monoisotopic (exact) mass is 544 g/mol. The highest BCUT2D eigenvalue weighted by Gasteiger charge is 2.13. The average molecular weight is 544 g/mol. The Morgan fingerprint density at radius 1 is 1.06 bits per heavy atom. The Bertz CT molecular complexity index is 859. The molecule has 2 N–H and O–H groups in total. The fourth-order valence-electron chi connectivity index (χ4n) is 3.47. The van der Waals surface area contributed by atoms with E-state index < -0.39 is 11.6 Å². The number of benzene rings is 2. The van der Waals surface area contributed by atoms with Crippen molar-refractivity contribution in [1.29, 1.82) is 0 Å². The molecule has 1 saturated heterocycles. The molecule has 1 aliphatic heterocycles. The Labute approximate surface area is 200 Å². The Balaban J connectivity index is 0.00000341. The number of nitrogens with zero attached hydrogens (tertiary/aromatic N) is 2. The van der Waals surface area contributed by atoms with Gasteiger partial charge in [-0.1, -0.05) is 37.3 Å². The van der Waals surface area contributed by atoms with Gasteiger partial charge in [-0.3, -0.25) is 9.89 Å². The number of morpholine rings is 1. The van der Waals surface area contributed by atoms with E-state index in [2.05, 4.69) is 38.7 Å². The first-order chi connectivity index (χ1) is 14.6. The second kappa shape index (κ2) is 12.9. The Morgan fingerprint density at radius 3 is 2.45 bits per heavy atom. The number of rotatable bonds is 7. The standard InChI is InChI=1S/C23H30F2N4O.HI/c1-17(18-7-8-21(24)22(25)13-18)14-27-23(26-2)28-15-19-5-3-4-6-20(19)16-29-9-11-30-12-10-29;/h3-8,13,17H,9-12,14-16H2,1-2H3,(H2,26,27,28);1H. The summed E-state index contributed by atoms with van der Waals surface area (Å²) >= 11 is 0. The summed E-state index contributed by atoms with van der Waals surface area (Å²) in [6.45, 7) is 7.55. The lowest BCUT2D eigenvalue weighted by Gasteiger charge is -2.27. The maximum absolute atomic E-state index is 13.5. The Morgan fingerprint density at radius 2 is 1.77 bits per heavy atom. The molecule has 1 aliphatic rings. The molecule has 0 radical (unpaired) electrons. The minimum absolute atomic E-state index is 0. The van der Waals surface area contributed by atoms with Gasteiger partial charge in [-0.15, -0.1) is 24.0 Å². The van der Waals surface area contributed by atoms with Crippen LogP contribution in [0.2, 0.25) is 0 Å². The number of aliphatic imine (C=N–C) groups is 1. The molecule has 170 valence electrons. The number of hydrogen-bond acceptors (Lipinski definition) is 3. The number of guanidine groups is 1. The summed E-state index contributed by atoms with van der Waals surface area (Å²) in [6, 6.07) is 12.4. The SMILES string of the molecule is CN=C(NCc1ccccc1CN1CCOCC1)NCC(C)c1ccc(F)c(F)c1.I. The van der Waals surface area contributed by atoms with E-state index in [1.54, 1.807) is 13.1 Å². The molecular weight excluding hydrogens is 513 g/mol. The van der Waals surface area contributed by atoms with Gasteiger partial charge in [0.1, 0.15) is 0 Å². The highest BCUT2D eigenvalue weighted by atomic mass is 127. The van der Waals surface area contributed by atoms with E-state index in [0.29, 0.717) is 19.0 Å². The van der Waals surface area contributed by atoms with Crippen LogP contribution < -0.4 is 10.6 Å². The van der Waals surface area contributed by atoms with Crippen LogP contribution in [0.25, 0.3) is 0 Å². The second-order valence-corrected chi connectivity index (χ2v) is 7.54. The molecule has 0 aromatic heterocycles. The van der Waals surface area contributed by atoms with E-state index >= 15 is 0 Å². The molecule has 0 amide bonds. The van der Waals surface area contributed by atoms with Gasteiger partial charge >= 0.3 is 0 Å². The summed E-state index contributed by atoms with van der Waals surface area (Å²) in [5.41, 5.74) is 3.26. The normalized spacial score (nSPS) is 15.8. The van der Waals surface area contributed by atoms with Crippen LogP contribution in [-0.2, 0) is 17.8 Å². The average Bonchev–Trinajstić information content (AvgIpc) is 2.77. The zero-order valence-corrected chi connectivity index (χ0v) is 20.4. The zero-order chi connectivity index (χ0) is 21.3. The van der Waals surface area contributed by atoms with Gasteiger partial charge in [-0.25, -0.2) is 8.78 Å². The van der Waals surface area contributed by atoms with Gasteiger partial charge in [-0.2, -0.15) is 0 Å². The lowest BCUT2D eigenvalue weighted by atomic mass is 10.0. The van der Waals surface area contributed by atoms with Gasteiger partial charge < -0.3 is 15.4 Å². The van der Waals surface area contributed by atoms with Crippen molar-refractivity contribution >= 4 is 29.9 Å². The quantitative estimate of drug-likeness (QED) is 0.316. The zero-order valence-electron chi connectivity index (χ0n) is 18.0. The van der Waals surface area contributed by atoms with Gasteiger partial charge in [0, 0.05) is 39.8 Å². The van der Waals surface area contributed by atoms with Crippen LogP contribution in [0, 0.1) is 11.6 Å². The van der Waals surface area contributed by atoms with Gasteiger partial charge in [0.2, 0.25) is 0 Å². The second-order valence-electron chi connectivity index (χ2n) is 7.54. The van der Waals surface area contributed by atoms with Crippen molar-refractivity contribution in [2.75, 3.05) is 39.9 Å². The van der Waals surface area contributed by atoms with Crippen LogP contribution >= 0.6 is 24.0 Å². The molecule has 2 aromatic carbocycles. The molecule has 31 heavy (non-hydrogen) atoms. The maximum atomic E-state index is 13.5. The van der Waals surface area contributed by atoms with Gasteiger partial charge in [0.05, 0.1) is 13.2 Å². The predicted molar refractivity (Wildman–Crippen MR) is 131 cm³/mol. The van der Waals surface area contributed by atoms with Crippen LogP contribution in [-0.4, -0.2) is 50.8 Å². The first-order valence-corrected chi connectivity index (χ1v) is 10.3. The number of hydrogen-bond donors (Lipinski definition) is 2. The first-order valence-electron chi connectivity index (χ1n) is 10.3. The van der Waals surface area contributed by atoms with Crippen molar-refractivity contribution in [3.63, 3.8) is 0 Å². The van der Waals surface area contributed by atoms with Crippen molar-refractivity contribution in [1.82, 2.24) is 15.5 Å². The highest BCUT2D eigenvalue weighted by molar-refractivity contribution is 14.0. The van der Waals surface area contributed by atoms with E-state index in [-0.39, 0.29) is 29.9 Å². The summed E-state index contributed by atoms with van der Waals surface area (Å²) in [5.74, 6) is -0.969. The maximum Gasteiger partial charge on any atom is 0.191 e. The van der Waals surface area contributed by atoms with Crippen molar-refractivity contribution in [2.45, 2.75) is 25.9 Å². The third-order valence-corrected chi connectivity index (χ3v) is 5.37. The Kier molecular flexibility index (Phi) is 10.6. The number of nitrogens with one attached hydrogen (secondary N) is 2. The molecule has 1 fully saturated rings. The number of ether oxygens (including phenoxy) is 1. The van der Waals surface area contributed by atoms with Crippen molar-refractivity contribution < 1.29 is 13.5 Å². The van der Waals surface area contributed by atoms with Gasteiger partial charge in [0.15, 0.2) is 17.6 Å². The molecule has 0 bridgehead atoms. The molecular formula is C23H31F2IN4O. The van der Waals surface area contributed by atoms with E-state index in [0.717, 1.165) is 38.4 Å². The summed E-state index contributed by atoms with van der Waals surface area (Å²) in [4.78, 5) is 6.68. The lowest BCUT2D eigenvalue weighted by Crippen LogP contribution is -2.39. The topological polar surface area (TPSA) is 48.9 Å². The van der Waals surface area contributed by atoms with Crippen molar-refractivity contribution in [3.05, 3.63) is 70.8 Å². The summed E-state index contributed by atoms with van der Waals surface area (Å²) in [5, 5.41) is 6.62. The summed E-state index contributed by atoms with van der Waals surface area (Å²) < 4.78 is 32.1. The van der Waals surface area contributed by atoms with Crippen molar-refractivity contribution in [3.8, 4) is 0 Å². The summed E-state index contributed by atoms with van der Waals surface area (Å²) in [7, 11) is 1.72. The van der Waals surface area contributed by atoms with E-state index in [9.17, 15) is 8.78 Å². The van der Waals surface area contributed by atoms with E-state index in [1.807, 2.05) is 13.0 Å². The molecule has 3 rings (SSSR count). The molecule has 0 spiro atoms. The third kappa shape index (κ3) is 7.69. The van der Waals surface area contributed by atoms with Gasteiger partial charge in [-0.05, 0) is 34.7 Å². The molecule has 8 heteroatoms. The van der Waals surface area contributed by atoms with E-state index in [4.69, 9.17) is 4.74 Å². The first kappa shape index (κ1) is 25.5. The fourth-order valence-corrected chi connectivity index (χ4v) is 3.47. The summed E-state index contributed by atoms with van der Waals surface area (Å²) in [6.07, 6.45) is 0. The predicted octanol–water partition coefficient (Wildman–Crippen LogP) is 3.88. The van der Waals surface area contributed by atoms with Crippen LogP contribution in [0.4, 0.5) is 8.78 Å². The smallest absolute Gasteiger partial charge is 0.191 e. The molecule has 5 nitrogen and oxygen atoms in total. The Hall–Kier alpha value is -1.78. The van der Waals surface area contributed by atoms with Crippen LogP contribution in [0.15, 0.2) is 47.5 Å². The molecule has 1 atom stereocenters.